The minimum Gasteiger partial charge on any atom is -0.308 e. The Morgan fingerprint density at radius 2 is 1.90 bits per heavy atom. The molecule has 1 atom stereocenters. The second-order valence-corrected chi connectivity index (χ2v) is 8.81. The molecule has 2 aliphatic heterocycles. The summed E-state index contributed by atoms with van der Waals surface area (Å²) in [5, 5.41) is 3.77. The van der Waals surface area contributed by atoms with Gasteiger partial charge in [0.2, 0.25) is 0 Å². The highest BCUT2D eigenvalue weighted by Gasteiger charge is 2.21. The van der Waals surface area contributed by atoms with E-state index in [-0.39, 0.29) is 0 Å². The average Bonchev–Trinajstić information content (AvgIpc) is 2.76. The Morgan fingerprint density at radius 1 is 1.07 bits per heavy atom. The molecule has 1 N–H and O–H groups in total. The monoisotopic (exact) mass is 392 g/mol. The largest absolute Gasteiger partial charge is 0.308 e. The van der Waals surface area contributed by atoms with Crippen molar-refractivity contribution in [2.24, 2.45) is 0 Å². The minimum absolute atomic E-state index is 0.518. The van der Waals surface area contributed by atoms with Crippen LogP contribution >= 0.6 is 0 Å². The first-order chi connectivity index (χ1) is 14.3. The first kappa shape index (κ1) is 20.5. The van der Waals surface area contributed by atoms with Crippen molar-refractivity contribution in [3.8, 4) is 0 Å². The van der Waals surface area contributed by atoms with Crippen LogP contribution in [0.15, 0.2) is 42.6 Å². The van der Waals surface area contributed by atoms with Crippen molar-refractivity contribution in [3.05, 3.63) is 65.0 Å². The Kier molecular flexibility index (Phi) is 7.31. The van der Waals surface area contributed by atoms with Gasteiger partial charge in [-0.3, -0.25) is 9.88 Å². The number of piperidine rings is 1. The number of benzene rings is 1. The van der Waals surface area contributed by atoms with Gasteiger partial charge in [0, 0.05) is 31.9 Å². The predicted octanol–water partition coefficient (Wildman–Crippen LogP) is 3.78. The van der Waals surface area contributed by atoms with Gasteiger partial charge in [-0.2, -0.15) is 0 Å². The van der Waals surface area contributed by atoms with Gasteiger partial charge in [0.1, 0.15) is 0 Å². The van der Waals surface area contributed by atoms with Crippen molar-refractivity contribution in [3.63, 3.8) is 0 Å². The summed E-state index contributed by atoms with van der Waals surface area (Å²) in [6.45, 7) is 10.2. The molecule has 156 valence electrons. The van der Waals surface area contributed by atoms with Crippen molar-refractivity contribution in [2.45, 2.75) is 58.2 Å². The van der Waals surface area contributed by atoms with E-state index in [0.717, 1.165) is 32.6 Å². The van der Waals surface area contributed by atoms with Gasteiger partial charge >= 0.3 is 0 Å². The molecule has 0 saturated carbocycles. The summed E-state index contributed by atoms with van der Waals surface area (Å²) >= 11 is 0. The zero-order valence-electron chi connectivity index (χ0n) is 17.9. The Bertz CT molecular complexity index is 769. The summed E-state index contributed by atoms with van der Waals surface area (Å²) in [5.74, 6) is 0. The Hall–Kier alpha value is -1.75. The number of rotatable bonds is 8. The molecule has 0 bridgehead atoms. The number of hydrogen-bond acceptors (Lipinski definition) is 4. The van der Waals surface area contributed by atoms with Crippen LogP contribution in [0.5, 0.6) is 0 Å². The fourth-order valence-electron chi connectivity index (χ4n) is 4.79. The highest BCUT2D eigenvalue weighted by atomic mass is 15.2. The quantitative estimate of drug-likeness (QED) is 0.741. The van der Waals surface area contributed by atoms with Crippen LogP contribution in [-0.4, -0.2) is 53.5 Å². The number of nitrogens with zero attached hydrogens (tertiary/aromatic N) is 3. The topological polar surface area (TPSA) is 31.4 Å². The molecule has 0 spiro atoms. The van der Waals surface area contributed by atoms with Crippen molar-refractivity contribution >= 4 is 0 Å². The molecule has 0 aliphatic carbocycles. The van der Waals surface area contributed by atoms with Crippen LogP contribution in [0.1, 0.15) is 48.1 Å². The highest BCUT2D eigenvalue weighted by molar-refractivity contribution is 5.30. The lowest BCUT2D eigenvalue weighted by Crippen LogP contribution is -2.45. The van der Waals surface area contributed by atoms with Gasteiger partial charge in [-0.25, -0.2) is 0 Å². The molecule has 1 aromatic heterocycles. The number of aryl methyl sites for hydroxylation is 1. The van der Waals surface area contributed by atoms with Gasteiger partial charge in [-0.1, -0.05) is 36.8 Å². The van der Waals surface area contributed by atoms with Crippen LogP contribution in [0.3, 0.4) is 0 Å². The summed E-state index contributed by atoms with van der Waals surface area (Å²) in [4.78, 5) is 9.96. The number of fused-ring (bicyclic) bond motifs is 1. The molecule has 0 radical (unpaired) electrons. The number of nitrogens with one attached hydrogen (secondary N) is 1. The lowest BCUT2D eigenvalue weighted by molar-refractivity contribution is 0.187. The number of aromatic nitrogens is 1. The van der Waals surface area contributed by atoms with Gasteiger partial charge in [0.05, 0.1) is 5.69 Å². The second kappa shape index (κ2) is 10.3. The third-order valence-corrected chi connectivity index (χ3v) is 6.53. The molecule has 1 aromatic carbocycles. The van der Waals surface area contributed by atoms with Crippen LogP contribution < -0.4 is 5.32 Å². The molecule has 3 heterocycles. The first-order valence-corrected chi connectivity index (χ1v) is 11.4. The van der Waals surface area contributed by atoms with E-state index in [1.54, 1.807) is 0 Å². The summed E-state index contributed by atoms with van der Waals surface area (Å²) in [5.41, 5.74) is 5.50. The molecule has 0 unspecified atom stereocenters. The lowest BCUT2D eigenvalue weighted by atomic mass is 9.95. The molecule has 1 saturated heterocycles. The molecule has 4 nitrogen and oxygen atoms in total. The molecule has 4 heteroatoms. The van der Waals surface area contributed by atoms with E-state index in [1.807, 2.05) is 12.3 Å². The molecular weight excluding hydrogens is 356 g/mol. The molecule has 0 amide bonds. The van der Waals surface area contributed by atoms with Crippen molar-refractivity contribution in [2.75, 3.05) is 32.7 Å². The maximum atomic E-state index is 4.67. The molecule has 4 rings (SSSR count). The summed E-state index contributed by atoms with van der Waals surface area (Å²) < 4.78 is 0. The van der Waals surface area contributed by atoms with Crippen LogP contribution in [-0.2, 0) is 19.5 Å². The fourth-order valence-corrected chi connectivity index (χ4v) is 4.79. The summed E-state index contributed by atoms with van der Waals surface area (Å²) in [6, 6.07) is 13.6. The Balaban J connectivity index is 1.37. The normalized spacial score (nSPS) is 20.0. The molecular formula is C25H36N4. The van der Waals surface area contributed by atoms with Gasteiger partial charge in [0.15, 0.2) is 0 Å². The van der Waals surface area contributed by atoms with E-state index in [1.165, 1.54) is 67.7 Å². The van der Waals surface area contributed by atoms with E-state index in [4.69, 9.17) is 0 Å². The standard InChI is InChI=1S/C25H36N4/c1-21-9-7-12-26-25(21)20-29(16-8-15-28-13-5-2-6-14-28)19-24-17-22-10-3-4-11-23(22)18-27-24/h3-4,7,9-12,24,27H,2,5-6,8,13-20H2,1H3/t24-/m1/s1. The van der Waals surface area contributed by atoms with E-state index >= 15 is 0 Å². The number of hydrogen-bond donors (Lipinski definition) is 1. The Morgan fingerprint density at radius 3 is 2.72 bits per heavy atom. The van der Waals surface area contributed by atoms with Crippen molar-refractivity contribution in [1.82, 2.24) is 20.1 Å². The summed E-state index contributed by atoms with van der Waals surface area (Å²) in [7, 11) is 0. The zero-order valence-corrected chi connectivity index (χ0v) is 17.9. The van der Waals surface area contributed by atoms with Crippen molar-refractivity contribution < 1.29 is 0 Å². The Labute approximate surface area is 176 Å². The van der Waals surface area contributed by atoms with Crippen LogP contribution in [0.25, 0.3) is 0 Å². The lowest BCUT2D eigenvalue weighted by Gasteiger charge is -2.33. The maximum absolute atomic E-state index is 4.67. The van der Waals surface area contributed by atoms with Gasteiger partial charge < -0.3 is 10.2 Å². The van der Waals surface area contributed by atoms with Crippen LogP contribution in [0.4, 0.5) is 0 Å². The minimum atomic E-state index is 0.518. The van der Waals surface area contributed by atoms with E-state index < -0.39 is 0 Å². The third kappa shape index (κ3) is 5.88. The van der Waals surface area contributed by atoms with E-state index in [9.17, 15) is 0 Å². The summed E-state index contributed by atoms with van der Waals surface area (Å²) in [6.07, 6.45) is 8.47. The van der Waals surface area contributed by atoms with Crippen LogP contribution in [0, 0.1) is 6.92 Å². The van der Waals surface area contributed by atoms with Gasteiger partial charge in [0.25, 0.3) is 0 Å². The third-order valence-electron chi connectivity index (χ3n) is 6.53. The van der Waals surface area contributed by atoms with Gasteiger partial charge in [-0.15, -0.1) is 0 Å². The molecule has 2 aliphatic rings. The number of likely N-dealkylation sites (tertiary alicyclic amines) is 1. The van der Waals surface area contributed by atoms with Crippen molar-refractivity contribution in [1.29, 1.82) is 0 Å². The van der Waals surface area contributed by atoms with Crippen LogP contribution in [0.2, 0.25) is 0 Å². The SMILES string of the molecule is Cc1cccnc1CN(CCCN1CCCCC1)C[C@H]1Cc2ccccc2CN1. The average molecular weight is 393 g/mol. The number of pyridine rings is 1. The smallest absolute Gasteiger partial charge is 0.0573 e. The van der Waals surface area contributed by atoms with E-state index in [0.29, 0.717) is 6.04 Å². The first-order valence-electron chi connectivity index (χ1n) is 11.4. The fraction of sp³-hybridized carbons (Fsp3) is 0.560. The molecule has 1 fully saturated rings. The van der Waals surface area contributed by atoms with Gasteiger partial charge in [-0.05, 0) is 81.5 Å². The zero-order chi connectivity index (χ0) is 19.9. The molecule has 29 heavy (non-hydrogen) atoms. The second-order valence-electron chi connectivity index (χ2n) is 8.81. The maximum Gasteiger partial charge on any atom is 0.0573 e. The molecule has 2 aromatic rings. The van der Waals surface area contributed by atoms with E-state index in [2.05, 4.69) is 57.4 Å². The predicted molar refractivity (Wildman–Crippen MR) is 120 cm³/mol. The highest BCUT2D eigenvalue weighted by Crippen LogP contribution is 2.18.